The van der Waals surface area contributed by atoms with Gasteiger partial charge in [0.25, 0.3) is 0 Å². The van der Waals surface area contributed by atoms with Crippen LogP contribution in [0.1, 0.15) is 152 Å². The molecule has 0 aromatic heterocycles. The Morgan fingerprint density at radius 1 is 0.458 bits per heavy atom. The van der Waals surface area contributed by atoms with E-state index in [1.807, 2.05) is 24.3 Å². The van der Waals surface area contributed by atoms with Crippen molar-refractivity contribution in [1.82, 2.24) is 0 Å². The molecule has 0 aliphatic carbocycles. The summed E-state index contributed by atoms with van der Waals surface area (Å²) in [7, 11) is 0. The lowest BCUT2D eigenvalue weighted by molar-refractivity contribution is -0.0796. The fraction of sp³-hybridized carbons (Fsp3) is 0.684. The molecule has 1 aliphatic rings. The molecule has 0 amide bonds. The molecule has 3 rings (SSSR count). The smallest absolute Gasteiger partial charge is 0.115 e. The molecule has 0 bridgehead atoms. The van der Waals surface area contributed by atoms with Gasteiger partial charge in [0.05, 0.1) is 11.4 Å². The van der Waals surface area contributed by atoms with Crippen LogP contribution in [0.2, 0.25) is 0 Å². The van der Waals surface area contributed by atoms with Crippen molar-refractivity contribution in [2.45, 2.75) is 141 Å². The standard InChI is InChI=1S/C38H58N8O2/c39-45-41-29-21-13-9-5-1-3-7-11-15-23-31-47-37-33-25-17-19-27-35(33)43-44-36-28-20-18-26-34(36)38(37)48-32-24-16-12-8-4-2-6-10-14-22-30-42-46-40/h17-20,25-28,37-38H,1-16,21-24,29-32H2/t37-,38-/m1/s1. The average molecular weight is 659 g/mol. The molecule has 0 N–H and O–H groups in total. The first-order valence-corrected chi connectivity index (χ1v) is 18.7. The fourth-order valence-electron chi connectivity index (χ4n) is 6.33. The lowest BCUT2D eigenvalue weighted by Gasteiger charge is -2.31. The monoisotopic (exact) mass is 658 g/mol. The van der Waals surface area contributed by atoms with Crippen molar-refractivity contribution < 1.29 is 9.47 Å². The summed E-state index contributed by atoms with van der Waals surface area (Å²) in [6, 6.07) is 16.4. The van der Waals surface area contributed by atoms with Crippen molar-refractivity contribution in [2.75, 3.05) is 26.3 Å². The van der Waals surface area contributed by atoms with Gasteiger partial charge in [0.1, 0.15) is 12.2 Å². The summed E-state index contributed by atoms with van der Waals surface area (Å²) < 4.78 is 13.4. The van der Waals surface area contributed by atoms with Crippen molar-refractivity contribution >= 4 is 11.4 Å². The first-order valence-electron chi connectivity index (χ1n) is 18.7. The SMILES string of the molecule is [N-]=[N+]=NCCCCCCCCCCCCO[C@@H]1c2ccccc2N=Nc2ccccc2[C@H]1OCCCCCCCCCCCCN=[N+]=[N-]. The average Bonchev–Trinajstić information content (AvgIpc) is 3.11. The maximum Gasteiger partial charge on any atom is 0.115 e. The van der Waals surface area contributed by atoms with E-state index in [4.69, 9.17) is 20.5 Å². The molecule has 10 nitrogen and oxygen atoms in total. The van der Waals surface area contributed by atoms with Crippen LogP contribution >= 0.6 is 0 Å². The molecule has 262 valence electrons. The predicted octanol–water partition coefficient (Wildman–Crippen LogP) is 13.7. The molecule has 0 fully saturated rings. The summed E-state index contributed by atoms with van der Waals surface area (Å²) in [5.74, 6) is 0. The van der Waals surface area contributed by atoms with Crippen LogP contribution in [0.5, 0.6) is 0 Å². The highest BCUT2D eigenvalue weighted by atomic mass is 16.5. The lowest BCUT2D eigenvalue weighted by atomic mass is 9.94. The van der Waals surface area contributed by atoms with Gasteiger partial charge in [-0.05, 0) is 48.9 Å². The Kier molecular flexibility index (Phi) is 21.6. The van der Waals surface area contributed by atoms with Crippen molar-refractivity contribution in [1.29, 1.82) is 0 Å². The Balaban J connectivity index is 1.42. The molecule has 2 atom stereocenters. The second-order valence-electron chi connectivity index (χ2n) is 12.9. The van der Waals surface area contributed by atoms with E-state index in [0.717, 1.165) is 61.0 Å². The van der Waals surface area contributed by atoms with Gasteiger partial charge < -0.3 is 9.47 Å². The number of unbranched alkanes of at least 4 members (excludes halogenated alkanes) is 18. The van der Waals surface area contributed by atoms with Crippen LogP contribution in [0, 0.1) is 0 Å². The number of ether oxygens (including phenoxy) is 2. The summed E-state index contributed by atoms with van der Waals surface area (Å²) in [4.78, 5) is 5.63. The van der Waals surface area contributed by atoms with Gasteiger partial charge in [-0.3, -0.25) is 0 Å². The molecule has 2 aromatic rings. The fourth-order valence-corrected chi connectivity index (χ4v) is 6.33. The van der Waals surface area contributed by atoms with E-state index in [-0.39, 0.29) is 12.2 Å². The number of azo groups is 1. The van der Waals surface area contributed by atoms with E-state index in [1.54, 1.807) is 0 Å². The van der Waals surface area contributed by atoms with Gasteiger partial charge in [-0.1, -0.05) is 149 Å². The van der Waals surface area contributed by atoms with Crippen LogP contribution in [0.4, 0.5) is 11.4 Å². The van der Waals surface area contributed by atoms with Gasteiger partial charge in [-0.25, -0.2) is 0 Å². The third-order valence-corrected chi connectivity index (χ3v) is 9.05. The van der Waals surface area contributed by atoms with Crippen LogP contribution in [0.3, 0.4) is 0 Å². The lowest BCUT2D eigenvalue weighted by Crippen LogP contribution is -2.20. The number of azide groups is 2. The molecule has 0 spiro atoms. The number of benzene rings is 2. The van der Waals surface area contributed by atoms with Crippen LogP contribution in [0.25, 0.3) is 20.9 Å². The maximum atomic E-state index is 8.35. The van der Waals surface area contributed by atoms with Crippen LogP contribution in [-0.4, -0.2) is 26.3 Å². The summed E-state index contributed by atoms with van der Waals surface area (Å²) in [6.45, 7) is 2.63. The first-order chi connectivity index (χ1) is 23.8. The van der Waals surface area contributed by atoms with Crippen LogP contribution < -0.4 is 0 Å². The Hall–Kier alpha value is -3.42. The van der Waals surface area contributed by atoms with E-state index in [2.05, 4.69) is 54.5 Å². The highest BCUT2D eigenvalue weighted by Crippen LogP contribution is 2.45. The molecule has 1 aliphatic heterocycles. The molecule has 2 aromatic carbocycles. The number of rotatable bonds is 28. The van der Waals surface area contributed by atoms with Gasteiger partial charge in [0.15, 0.2) is 0 Å². The minimum absolute atomic E-state index is 0.243. The van der Waals surface area contributed by atoms with Gasteiger partial charge in [-0.2, -0.15) is 10.2 Å². The van der Waals surface area contributed by atoms with E-state index >= 15 is 0 Å². The number of hydrogen-bond acceptors (Lipinski definition) is 6. The van der Waals surface area contributed by atoms with E-state index in [9.17, 15) is 0 Å². The van der Waals surface area contributed by atoms with E-state index in [0.29, 0.717) is 26.3 Å². The zero-order valence-corrected chi connectivity index (χ0v) is 29.1. The Morgan fingerprint density at radius 2 is 0.771 bits per heavy atom. The van der Waals surface area contributed by atoms with Gasteiger partial charge >= 0.3 is 0 Å². The molecule has 1 heterocycles. The summed E-state index contributed by atoms with van der Waals surface area (Å²) in [6.07, 6.45) is 23.4. The molecule has 0 saturated carbocycles. The molecule has 0 saturated heterocycles. The predicted molar refractivity (Wildman–Crippen MR) is 195 cm³/mol. The van der Waals surface area contributed by atoms with Crippen LogP contribution in [-0.2, 0) is 9.47 Å². The molecule has 48 heavy (non-hydrogen) atoms. The van der Waals surface area contributed by atoms with Gasteiger partial charge in [0, 0.05) is 47.3 Å². The summed E-state index contributed by atoms with van der Waals surface area (Å²) in [5.41, 5.74) is 20.5. The Morgan fingerprint density at radius 3 is 1.12 bits per heavy atom. The Labute approximate surface area is 288 Å². The third kappa shape index (κ3) is 16.1. The van der Waals surface area contributed by atoms with E-state index < -0.39 is 0 Å². The molecule has 10 heteroatoms. The van der Waals surface area contributed by atoms with Crippen LogP contribution in [0.15, 0.2) is 69.0 Å². The highest BCUT2D eigenvalue weighted by molar-refractivity contribution is 5.54. The van der Waals surface area contributed by atoms with Crippen molar-refractivity contribution in [3.8, 4) is 0 Å². The molecular formula is C38H58N8O2. The van der Waals surface area contributed by atoms with Gasteiger partial charge in [0.2, 0.25) is 0 Å². The zero-order valence-electron chi connectivity index (χ0n) is 29.1. The maximum absolute atomic E-state index is 8.35. The highest BCUT2D eigenvalue weighted by Gasteiger charge is 2.31. The quantitative estimate of drug-likeness (QED) is 0.0388. The number of nitrogens with zero attached hydrogens (tertiary/aromatic N) is 8. The zero-order chi connectivity index (χ0) is 33.7. The second kappa shape index (κ2) is 26.5. The van der Waals surface area contributed by atoms with Crippen molar-refractivity contribution in [3.05, 3.63) is 80.5 Å². The third-order valence-electron chi connectivity index (χ3n) is 9.05. The normalized spacial score (nSPS) is 15.1. The van der Waals surface area contributed by atoms with Crippen molar-refractivity contribution in [3.63, 3.8) is 0 Å². The van der Waals surface area contributed by atoms with E-state index in [1.165, 1.54) is 89.9 Å². The number of hydrogen-bond donors (Lipinski definition) is 0. The largest absolute Gasteiger partial charge is 0.370 e. The number of fused-ring (bicyclic) bond motifs is 2. The minimum Gasteiger partial charge on any atom is -0.370 e. The Bertz CT molecular complexity index is 1160. The van der Waals surface area contributed by atoms with Crippen molar-refractivity contribution in [2.24, 2.45) is 20.5 Å². The molecular weight excluding hydrogens is 600 g/mol. The second-order valence-corrected chi connectivity index (χ2v) is 12.9. The minimum atomic E-state index is -0.243. The molecule has 0 radical (unpaired) electrons. The first kappa shape index (κ1) is 39.0. The summed E-state index contributed by atoms with van der Waals surface area (Å²) in [5, 5.41) is 16.4. The summed E-state index contributed by atoms with van der Waals surface area (Å²) >= 11 is 0. The molecule has 0 unspecified atom stereocenters. The van der Waals surface area contributed by atoms with Gasteiger partial charge in [-0.15, -0.1) is 0 Å². The topological polar surface area (TPSA) is 141 Å².